The summed E-state index contributed by atoms with van der Waals surface area (Å²) in [4.78, 5) is 19.9. The van der Waals surface area contributed by atoms with E-state index >= 15 is 4.39 Å². The molecule has 0 spiro atoms. The molecule has 2 fully saturated rings. The maximum Gasteiger partial charge on any atom is 0.166 e. The zero-order valence-electron chi connectivity index (χ0n) is 17.7. The van der Waals surface area contributed by atoms with Crippen molar-refractivity contribution in [3.63, 3.8) is 0 Å². The van der Waals surface area contributed by atoms with E-state index in [1.54, 1.807) is 17.4 Å². The van der Waals surface area contributed by atoms with Crippen LogP contribution in [0.15, 0.2) is 30.5 Å². The van der Waals surface area contributed by atoms with Crippen LogP contribution in [0.25, 0.3) is 32.5 Å². The largest absolute Gasteiger partial charge is 0.378 e. The fourth-order valence-corrected chi connectivity index (χ4v) is 5.65. The maximum absolute atomic E-state index is 15.0. The average Bonchev–Trinajstić information content (AvgIpc) is 3.46. The first-order chi connectivity index (χ1) is 15.8. The number of aromatic nitrogens is 3. The third-order valence-corrected chi connectivity index (χ3v) is 7.24. The van der Waals surface area contributed by atoms with Crippen molar-refractivity contribution in [2.75, 3.05) is 57.4 Å². The molecule has 4 aromatic rings. The molecule has 6 rings (SSSR count). The summed E-state index contributed by atoms with van der Waals surface area (Å²) in [7, 11) is 0. The van der Waals surface area contributed by atoms with Gasteiger partial charge >= 0.3 is 0 Å². The summed E-state index contributed by atoms with van der Waals surface area (Å²) in [5, 5.41) is 5.25. The van der Waals surface area contributed by atoms with Crippen LogP contribution in [-0.4, -0.2) is 72.3 Å². The molecule has 0 aliphatic carbocycles. The van der Waals surface area contributed by atoms with E-state index in [4.69, 9.17) is 14.7 Å². The Morgan fingerprint density at radius 2 is 1.88 bits per heavy atom. The molecule has 7 nitrogen and oxygen atoms in total. The number of ether oxygens (including phenoxy) is 1. The minimum Gasteiger partial charge on any atom is -0.378 e. The van der Waals surface area contributed by atoms with E-state index in [1.165, 1.54) is 10.9 Å². The van der Waals surface area contributed by atoms with Crippen LogP contribution in [0.4, 0.5) is 10.2 Å². The fraction of sp³-hybridized carbons (Fsp3) is 0.391. The average molecular weight is 453 g/mol. The number of anilines is 1. The number of aromatic amines is 1. The monoisotopic (exact) mass is 452 g/mol. The number of hydrogen-bond donors (Lipinski definition) is 2. The Kier molecular flexibility index (Phi) is 5.26. The Morgan fingerprint density at radius 1 is 1.03 bits per heavy atom. The lowest BCUT2D eigenvalue weighted by atomic mass is 10.1. The molecule has 166 valence electrons. The van der Waals surface area contributed by atoms with Crippen molar-refractivity contribution in [1.29, 1.82) is 0 Å². The topological polar surface area (TPSA) is 69.3 Å². The second kappa shape index (κ2) is 8.40. The van der Waals surface area contributed by atoms with Gasteiger partial charge in [0, 0.05) is 67.8 Å². The summed E-state index contributed by atoms with van der Waals surface area (Å²) in [6, 6.07) is 7.36. The van der Waals surface area contributed by atoms with Gasteiger partial charge in [0.05, 0.1) is 24.2 Å². The van der Waals surface area contributed by atoms with Crippen molar-refractivity contribution in [2.24, 2.45) is 0 Å². The summed E-state index contributed by atoms with van der Waals surface area (Å²) in [5.41, 5.74) is 1.33. The second-order valence-electron chi connectivity index (χ2n) is 8.29. The lowest BCUT2D eigenvalue weighted by molar-refractivity contribution is 0.122. The van der Waals surface area contributed by atoms with Crippen molar-refractivity contribution < 1.29 is 9.13 Å². The van der Waals surface area contributed by atoms with E-state index < -0.39 is 0 Å². The summed E-state index contributed by atoms with van der Waals surface area (Å²) in [5.74, 6) is 1.02. The molecular weight excluding hydrogens is 427 g/mol. The fourth-order valence-electron chi connectivity index (χ4n) is 4.59. The molecule has 9 heteroatoms. The second-order valence-corrected chi connectivity index (χ2v) is 9.40. The van der Waals surface area contributed by atoms with E-state index in [1.807, 2.05) is 12.3 Å². The summed E-state index contributed by atoms with van der Waals surface area (Å²) in [6.07, 6.45) is 1.83. The lowest BCUT2D eigenvalue weighted by Gasteiger charge is -2.28. The van der Waals surface area contributed by atoms with Crippen LogP contribution in [0, 0.1) is 5.82 Å². The molecule has 0 saturated carbocycles. The van der Waals surface area contributed by atoms with Crippen molar-refractivity contribution in [2.45, 2.75) is 6.54 Å². The van der Waals surface area contributed by atoms with Crippen molar-refractivity contribution in [3.05, 3.63) is 41.2 Å². The van der Waals surface area contributed by atoms with Crippen LogP contribution in [-0.2, 0) is 11.3 Å². The summed E-state index contributed by atoms with van der Waals surface area (Å²) < 4.78 is 20.6. The van der Waals surface area contributed by atoms with Gasteiger partial charge in [-0.15, -0.1) is 11.3 Å². The van der Waals surface area contributed by atoms with Gasteiger partial charge in [0.25, 0.3) is 0 Å². The Balaban J connectivity index is 1.48. The van der Waals surface area contributed by atoms with Gasteiger partial charge in [-0.3, -0.25) is 4.90 Å². The molecule has 0 radical (unpaired) electrons. The van der Waals surface area contributed by atoms with Gasteiger partial charge < -0.3 is 19.9 Å². The molecule has 2 aliphatic rings. The number of nitrogens with zero attached hydrogens (tertiary/aromatic N) is 4. The molecule has 2 N–H and O–H groups in total. The summed E-state index contributed by atoms with van der Waals surface area (Å²) in [6.45, 7) is 7.91. The highest BCUT2D eigenvalue weighted by Crippen LogP contribution is 2.36. The first-order valence-electron chi connectivity index (χ1n) is 11.1. The number of halogens is 1. The Labute approximate surface area is 189 Å². The maximum atomic E-state index is 15.0. The lowest BCUT2D eigenvalue weighted by Crippen LogP contribution is -2.42. The van der Waals surface area contributed by atoms with Crippen LogP contribution in [0.3, 0.4) is 0 Å². The molecule has 3 aromatic heterocycles. The normalized spacial score (nSPS) is 18.1. The number of nitrogens with one attached hydrogen (secondary N) is 2. The van der Waals surface area contributed by atoms with E-state index in [9.17, 15) is 0 Å². The smallest absolute Gasteiger partial charge is 0.166 e. The number of rotatable bonds is 4. The highest BCUT2D eigenvalue weighted by Gasteiger charge is 2.23. The van der Waals surface area contributed by atoms with E-state index in [-0.39, 0.29) is 5.82 Å². The predicted molar refractivity (Wildman–Crippen MR) is 126 cm³/mol. The van der Waals surface area contributed by atoms with Gasteiger partial charge in [-0.1, -0.05) is 0 Å². The third kappa shape index (κ3) is 3.65. The van der Waals surface area contributed by atoms with Crippen LogP contribution >= 0.6 is 11.3 Å². The zero-order valence-corrected chi connectivity index (χ0v) is 18.6. The molecule has 2 saturated heterocycles. The van der Waals surface area contributed by atoms with Crippen LogP contribution < -0.4 is 10.2 Å². The number of thiophene rings is 1. The quantitative estimate of drug-likeness (QED) is 0.496. The first-order valence-corrected chi connectivity index (χ1v) is 11.9. The Hall–Kier alpha value is -2.59. The number of H-pyrrole nitrogens is 1. The Morgan fingerprint density at radius 3 is 2.72 bits per heavy atom. The number of hydrogen-bond acceptors (Lipinski definition) is 7. The zero-order chi connectivity index (χ0) is 21.5. The van der Waals surface area contributed by atoms with Crippen LogP contribution in [0.5, 0.6) is 0 Å². The van der Waals surface area contributed by atoms with Gasteiger partial charge in [-0.2, -0.15) is 0 Å². The van der Waals surface area contributed by atoms with Gasteiger partial charge in [-0.05, 0) is 24.3 Å². The minimum absolute atomic E-state index is 0.304. The number of benzene rings is 1. The Bertz CT molecular complexity index is 1260. The highest BCUT2D eigenvalue weighted by atomic mass is 32.1. The molecule has 0 amide bonds. The van der Waals surface area contributed by atoms with Gasteiger partial charge in [0.2, 0.25) is 0 Å². The number of morpholine rings is 1. The predicted octanol–water partition coefficient (Wildman–Crippen LogP) is 3.22. The molecule has 0 unspecified atom stereocenters. The molecule has 0 atom stereocenters. The molecule has 32 heavy (non-hydrogen) atoms. The van der Waals surface area contributed by atoms with E-state index in [0.29, 0.717) is 24.6 Å². The summed E-state index contributed by atoms with van der Waals surface area (Å²) >= 11 is 1.69. The third-order valence-electron chi connectivity index (χ3n) is 6.23. The van der Waals surface area contributed by atoms with Gasteiger partial charge in [0.1, 0.15) is 16.5 Å². The molecular formula is C23H25FN6OS. The first kappa shape index (κ1) is 20.0. The molecule has 0 bridgehead atoms. The number of fused-ring (bicyclic) bond motifs is 2. The van der Waals surface area contributed by atoms with Gasteiger partial charge in [-0.25, -0.2) is 14.4 Å². The van der Waals surface area contributed by atoms with Crippen LogP contribution in [0.2, 0.25) is 0 Å². The molecule has 2 aliphatic heterocycles. The van der Waals surface area contributed by atoms with Crippen molar-refractivity contribution in [1.82, 2.24) is 25.2 Å². The van der Waals surface area contributed by atoms with E-state index in [2.05, 4.69) is 26.2 Å². The minimum atomic E-state index is -0.304. The van der Waals surface area contributed by atoms with Gasteiger partial charge in [0.15, 0.2) is 5.82 Å². The highest BCUT2D eigenvalue weighted by molar-refractivity contribution is 7.18. The number of piperazine rings is 1. The molecule has 1 aromatic carbocycles. The van der Waals surface area contributed by atoms with Crippen molar-refractivity contribution >= 4 is 38.3 Å². The molecule has 5 heterocycles. The standard InChI is InChI=1S/C23H25FN6OS/c24-18-1-2-19-16(3-4-26-19)20(18)21-27-22(30-9-11-31-12-10-30)17-13-15(32-23(17)28-21)14-29-7-5-25-6-8-29/h1-4,13,25-26H,5-12,14H2. The van der Waals surface area contributed by atoms with Crippen LogP contribution in [0.1, 0.15) is 4.88 Å². The van der Waals surface area contributed by atoms with Crippen molar-refractivity contribution in [3.8, 4) is 11.4 Å². The van der Waals surface area contributed by atoms with E-state index in [0.717, 1.165) is 72.8 Å². The SMILES string of the molecule is Fc1ccc2[nH]ccc2c1-c1nc(N2CCOCC2)c2cc(CN3CCNCC3)sc2n1.